The third-order valence-electron chi connectivity index (χ3n) is 4.38. The van der Waals surface area contributed by atoms with Crippen LogP contribution in [0.5, 0.6) is 11.5 Å². The van der Waals surface area contributed by atoms with Crippen LogP contribution in [0.2, 0.25) is 0 Å². The maximum absolute atomic E-state index is 12.9. The number of ether oxygens (including phenoxy) is 2. The third kappa shape index (κ3) is 5.20. The van der Waals surface area contributed by atoms with E-state index in [9.17, 15) is 14.3 Å². The van der Waals surface area contributed by atoms with Crippen molar-refractivity contribution in [3.63, 3.8) is 0 Å². The summed E-state index contributed by atoms with van der Waals surface area (Å²) in [6, 6.07) is 12.1. The minimum atomic E-state index is -0.282. The predicted molar refractivity (Wildman–Crippen MR) is 94.8 cm³/mol. The number of aromatic hydroxyl groups is 1. The molecule has 26 heavy (non-hydrogen) atoms. The van der Waals surface area contributed by atoms with Gasteiger partial charge in [0.2, 0.25) is 0 Å². The van der Waals surface area contributed by atoms with Gasteiger partial charge >= 0.3 is 0 Å². The van der Waals surface area contributed by atoms with Gasteiger partial charge in [-0.05, 0) is 61.4 Å². The van der Waals surface area contributed by atoms with Gasteiger partial charge in [-0.25, -0.2) is 4.39 Å². The van der Waals surface area contributed by atoms with Crippen LogP contribution in [0.25, 0.3) is 0 Å². The first-order valence-corrected chi connectivity index (χ1v) is 8.67. The molecule has 0 bridgehead atoms. The van der Waals surface area contributed by atoms with Gasteiger partial charge in [0.1, 0.15) is 17.3 Å². The summed E-state index contributed by atoms with van der Waals surface area (Å²) in [6.45, 7) is 1.55. The second kappa shape index (κ2) is 8.67. The Morgan fingerprint density at radius 3 is 2.54 bits per heavy atom. The zero-order valence-electron chi connectivity index (χ0n) is 14.4. The molecule has 138 valence electrons. The zero-order valence-corrected chi connectivity index (χ0v) is 14.4. The van der Waals surface area contributed by atoms with Gasteiger partial charge in [0.05, 0.1) is 19.3 Å². The number of amides is 1. The van der Waals surface area contributed by atoms with Gasteiger partial charge < -0.3 is 19.9 Å². The van der Waals surface area contributed by atoms with Crippen molar-refractivity contribution in [1.82, 2.24) is 5.32 Å². The van der Waals surface area contributed by atoms with Gasteiger partial charge in [-0.15, -0.1) is 0 Å². The number of hydrogen-bond donors (Lipinski definition) is 2. The summed E-state index contributed by atoms with van der Waals surface area (Å²) in [4.78, 5) is 12.1. The molecule has 2 N–H and O–H groups in total. The number of rotatable bonds is 6. The van der Waals surface area contributed by atoms with E-state index in [0.717, 1.165) is 12.8 Å². The number of phenols is 1. The first-order valence-electron chi connectivity index (χ1n) is 8.67. The van der Waals surface area contributed by atoms with E-state index < -0.39 is 0 Å². The first kappa shape index (κ1) is 18.2. The van der Waals surface area contributed by atoms with Gasteiger partial charge in [-0.2, -0.15) is 0 Å². The number of benzene rings is 2. The largest absolute Gasteiger partial charge is 0.508 e. The molecule has 0 radical (unpaired) electrons. The molecule has 1 amide bonds. The lowest BCUT2D eigenvalue weighted by Crippen LogP contribution is -2.38. The Morgan fingerprint density at radius 1 is 1.15 bits per heavy atom. The maximum Gasteiger partial charge on any atom is 0.251 e. The summed E-state index contributed by atoms with van der Waals surface area (Å²) in [7, 11) is 0. The lowest BCUT2D eigenvalue weighted by molar-refractivity contribution is -0.0251. The minimum Gasteiger partial charge on any atom is -0.508 e. The quantitative estimate of drug-likeness (QED) is 0.832. The van der Waals surface area contributed by atoms with Gasteiger partial charge in [0, 0.05) is 18.0 Å². The highest BCUT2D eigenvalue weighted by Crippen LogP contribution is 2.21. The smallest absolute Gasteiger partial charge is 0.251 e. The van der Waals surface area contributed by atoms with Crippen LogP contribution < -0.4 is 10.1 Å². The number of carbonyl (C=O) groups is 1. The van der Waals surface area contributed by atoms with Gasteiger partial charge in [0.15, 0.2) is 0 Å². The number of halogens is 1. The normalized spacial score (nSPS) is 19.7. The molecular weight excluding hydrogens is 337 g/mol. The Labute approximate surface area is 151 Å². The third-order valence-corrected chi connectivity index (χ3v) is 4.38. The van der Waals surface area contributed by atoms with E-state index in [-0.39, 0.29) is 29.5 Å². The van der Waals surface area contributed by atoms with Crippen LogP contribution in [-0.4, -0.2) is 36.9 Å². The minimum absolute atomic E-state index is 0.0156. The van der Waals surface area contributed by atoms with E-state index >= 15 is 0 Å². The van der Waals surface area contributed by atoms with Crippen molar-refractivity contribution in [3.8, 4) is 11.5 Å². The van der Waals surface area contributed by atoms with Crippen LogP contribution in [0.1, 0.15) is 23.2 Å². The molecule has 1 aliphatic heterocycles. The summed E-state index contributed by atoms with van der Waals surface area (Å²) < 4.78 is 24.3. The molecule has 1 heterocycles. The fourth-order valence-corrected chi connectivity index (χ4v) is 2.82. The van der Waals surface area contributed by atoms with Crippen molar-refractivity contribution in [1.29, 1.82) is 0 Å². The summed E-state index contributed by atoms with van der Waals surface area (Å²) in [5.41, 5.74) is 0.504. The monoisotopic (exact) mass is 359 g/mol. The lowest BCUT2D eigenvalue weighted by Gasteiger charge is -2.29. The molecule has 2 aromatic rings. The van der Waals surface area contributed by atoms with Crippen molar-refractivity contribution in [2.24, 2.45) is 5.92 Å². The van der Waals surface area contributed by atoms with Crippen LogP contribution in [0.4, 0.5) is 4.39 Å². The van der Waals surface area contributed by atoms with Crippen LogP contribution >= 0.6 is 0 Å². The number of hydrogen-bond acceptors (Lipinski definition) is 4. The highest BCUT2D eigenvalue weighted by Gasteiger charge is 2.22. The topological polar surface area (TPSA) is 67.8 Å². The zero-order chi connectivity index (χ0) is 18.4. The summed E-state index contributed by atoms with van der Waals surface area (Å²) >= 11 is 0. The van der Waals surface area contributed by atoms with Gasteiger partial charge in [0.25, 0.3) is 5.91 Å². The number of nitrogens with one attached hydrogen (secondary N) is 1. The summed E-state index contributed by atoms with van der Waals surface area (Å²) in [5.74, 6) is 0.593. The van der Waals surface area contributed by atoms with E-state index in [4.69, 9.17) is 9.47 Å². The molecule has 2 atom stereocenters. The second-order valence-corrected chi connectivity index (χ2v) is 6.42. The fourth-order valence-electron chi connectivity index (χ4n) is 2.82. The van der Waals surface area contributed by atoms with Crippen LogP contribution in [0.3, 0.4) is 0 Å². The molecule has 3 rings (SSSR count). The Morgan fingerprint density at radius 2 is 1.88 bits per heavy atom. The molecular formula is C20H22FNO4. The predicted octanol–water partition coefficient (Wildman–Crippen LogP) is 3.14. The Hall–Kier alpha value is -2.60. The van der Waals surface area contributed by atoms with Crippen LogP contribution in [0, 0.1) is 11.7 Å². The molecule has 0 saturated carbocycles. The Bertz CT molecular complexity index is 710. The fraction of sp³-hybridized carbons (Fsp3) is 0.350. The summed E-state index contributed by atoms with van der Waals surface area (Å²) in [5, 5.41) is 12.1. The van der Waals surface area contributed by atoms with Crippen LogP contribution in [-0.2, 0) is 4.74 Å². The highest BCUT2D eigenvalue weighted by atomic mass is 19.1. The first-order chi connectivity index (χ1) is 12.6. The number of carbonyl (C=O) groups excluding carboxylic acids is 1. The molecule has 1 saturated heterocycles. The van der Waals surface area contributed by atoms with Gasteiger partial charge in [-0.1, -0.05) is 0 Å². The molecule has 6 heteroatoms. The molecule has 0 spiro atoms. The van der Waals surface area contributed by atoms with Gasteiger partial charge in [-0.3, -0.25) is 4.79 Å². The molecule has 1 fully saturated rings. The second-order valence-electron chi connectivity index (χ2n) is 6.42. The van der Waals surface area contributed by atoms with Crippen molar-refractivity contribution < 1.29 is 23.8 Å². The van der Waals surface area contributed by atoms with E-state index in [1.165, 1.54) is 24.3 Å². The van der Waals surface area contributed by atoms with Crippen LogP contribution in [0.15, 0.2) is 48.5 Å². The van der Waals surface area contributed by atoms with Crippen molar-refractivity contribution >= 4 is 5.91 Å². The average molecular weight is 359 g/mol. The molecule has 5 nitrogen and oxygen atoms in total. The van der Waals surface area contributed by atoms with E-state index in [1.807, 2.05) is 0 Å². The van der Waals surface area contributed by atoms with Crippen molar-refractivity contribution in [3.05, 3.63) is 59.9 Å². The Kier molecular flexibility index (Phi) is 6.07. The van der Waals surface area contributed by atoms with E-state index in [2.05, 4.69) is 5.32 Å². The number of phenolic OH excluding ortho intramolecular Hbond substituents is 1. The SMILES string of the molecule is O=C(NC[C@@H]1CC[C@H](COc2ccc(F)cc2)CO1)c1ccc(O)cc1. The molecule has 0 unspecified atom stereocenters. The molecule has 1 aliphatic rings. The van der Waals surface area contributed by atoms with Crippen molar-refractivity contribution in [2.75, 3.05) is 19.8 Å². The highest BCUT2D eigenvalue weighted by molar-refractivity contribution is 5.94. The standard InChI is InChI=1S/C20H22FNO4/c21-16-4-9-18(10-5-16)25-12-14-1-8-19(26-13-14)11-22-20(24)15-2-6-17(23)7-3-15/h2-7,9-10,14,19,23H,1,8,11-13H2,(H,22,24)/t14-,19+/m1/s1. The van der Waals surface area contributed by atoms with Crippen molar-refractivity contribution in [2.45, 2.75) is 18.9 Å². The van der Waals surface area contributed by atoms with E-state index in [0.29, 0.717) is 31.1 Å². The van der Waals surface area contributed by atoms with E-state index in [1.54, 1.807) is 24.3 Å². The Balaban J connectivity index is 1.36. The molecule has 0 aromatic heterocycles. The molecule has 0 aliphatic carbocycles. The molecule has 2 aromatic carbocycles. The summed E-state index contributed by atoms with van der Waals surface area (Å²) in [6.07, 6.45) is 1.77. The average Bonchev–Trinajstić information content (AvgIpc) is 2.67. The lowest BCUT2D eigenvalue weighted by atomic mass is 9.99. The maximum atomic E-state index is 12.9.